The summed E-state index contributed by atoms with van der Waals surface area (Å²) >= 11 is 0. The zero-order chi connectivity index (χ0) is 14.2. The summed E-state index contributed by atoms with van der Waals surface area (Å²) in [5, 5.41) is 7.74. The third-order valence-electron chi connectivity index (χ3n) is 2.44. The maximum Gasteiger partial charge on any atom is 0.416 e. The van der Waals surface area contributed by atoms with Crippen molar-refractivity contribution in [3.8, 4) is 5.69 Å². The highest BCUT2D eigenvalue weighted by atomic mass is 19.4. The van der Waals surface area contributed by atoms with Crippen molar-refractivity contribution < 1.29 is 18.0 Å². The fraction of sp³-hybridized carbons (Fsp3) is 0.182. The van der Waals surface area contributed by atoms with Gasteiger partial charge < -0.3 is 5.73 Å². The Morgan fingerprint density at radius 3 is 2.21 bits per heavy atom. The lowest BCUT2D eigenvalue weighted by atomic mass is 10.2. The van der Waals surface area contributed by atoms with Crippen molar-refractivity contribution in [3.63, 3.8) is 0 Å². The molecule has 0 bridgehead atoms. The number of carbonyl (C=O) groups is 1. The molecular formula is C11H9F3N4O. The van der Waals surface area contributed by atoms with Crippen LogP contribution >= 0.6 is 0 Å². The Balaban J connectivity index is 2.38. The van der Waals surface area contributed by atoms with E-state index in [1.165, 1.54) is 19.1 Å². The minimum Gasteiger partial charge on any atom is -0.364 e. The van der Waals surface area contributed by atoms with Crippen molar-refractivity contribution >= 4 is 5.91 Å². The standard InChI is InChI=1S/C11H9F3N4O/c1-6-9(10(15)19)17-18(16-6)8-4-2-7(3-5-8)11(12,13)14/h2-5H,1H3,(H2,15,19). The van der Waals surface area contributed by atoms with Gasteiger partial charge in [-0.05, 0) is 31.2 Å². The minimum absolute atomic E-state index is 0.0140. The van der Waals surface area contributed by atoms with Crippen LogP contribution in [-0.2, 0) is 6.18 Å². The van der Waals surface area contributed by atoms with Gasteiger partial charge in [-0.1, -0.05) is 0 Å². The van der Waals surface area contributed by atoms with Crippen molar-refractivity contribution in [2.75, 3.05) is 0 Å². The molecule has 19 heavy (non-hydrogen) atoms. The molecule has 5 nitrogen and oxygen atoms in total. The number of nitrogens with zero attached hydrogens (tertiary/aromatic N) is 3. The lowest BCUT2D eigenvalue weighted by Crippen LogP contribution is -2.13. The fourth-order valence-corrected chi connectivity index (χ4v) is 1.51. The van der Waals surface area contributed by atoms with Crippen LogP contribution in [0.4, 0.5) is 13.2 Å². The largest absolute Gasteiger partial charge is 0.416 e. The molecule has 8 heteroatoms. The highest BCUT2D eigenvalue weighted by molar-refractivity contribution is 5.91. The zero-order valence-corrected chi connectivity index (χ0v) is 9.77. The number of hydrogen-bond acceptors (Lipinski definition) is 3. The molecule has 0 saturated heterocycles. The van der Waals surface area contributed by atoms with E-state index in [9.17, 15) is 18.0 Å². The summed E-state index contributed by atoms with van der Waals surface area (Å²) in [6, 6.07) is 4.26. The molecule has 2 aromatic rings. The average molecular weight is 270 g/mol. The summed E-state index contributed by atoms with van der Waals surface area (Å²) in [5.74, 6) is -0.740. The summed E-state index contributed by atoms with van der Waals surface area (Å²) in [4.78, 5) is 12.1. The molecule has 0 aliphatic heterocycles. The smallest absolute Gasteiger partial charge is 0.364 e. The first kappa shape index (κ1) is 13.1. The van der Waals surface area contributed by atoms with E-state index < -0.39 is 17.6 Å². The second-order valence-electron chi connectivity index (χ2n) is 3.83. The molecule has 0 unspecified atom stereocenters. The first-order valence-electron chi connectivity index (χ1n) is 5.20. The Kier molecular flexibility index (Phi) is 3.01. The first-order valence-corrected chi connectivity index (χ1v) is 5.20. The molecule has 0 radical (unpaired) electrons. The number of benzene rings is 1. The molecule has 0 atom stereocenters. The zero-order valence-electron chi connectivity index (χ0n) is 9.77. The van der Waals surface area contributed by atoms with Crippen LogP contribution in [0.15, 0.2) is 24.3 Å². The molecule has 0 saturated carbocycles. The molecule has 1 aromatic carbocycles. The summed E-state index contributed by atoms with van der Waals surface area (Å²) in [7, 11) is 0. The minimum atomic E-state index is -4.40. The molecule has 1 amide bonds. The van der Waals surface area contributed by atoms with Crippen molar-refractivity contribution in [1.82, 2.24) is 15.0 Å². The van der Waals surface area contributed by atoms with Crippen LogP contribution in [0.5, 0.6) is 0 Å². The highest BCUT2D eigenvalue weighted by Crippen LogP contribution is 2.29. The van der Waals surface area contributed by atoms with Crippen molar-refractivity contribution in [1.29, 1.82) is 0 Å². The summed E-state index contributed by atoms with van der Waals surface area (Å²) < 4.78 is 37.2. The molecule has 100 valence electrons. The summed E-state index contributed by atoms with van der Waals surface area (Å²) in [5.41, 5.74) is 4.92. The summed E-state index contributed by atoms with van der Waals surface area (Å²) in [6.45, 7) is 1.54. The molecule has 0 aliphatic rings. The quantitative estimate of drug-likeness (QED) is 0.902. The van der Waals surface area contributed by atoms with Gasteiger partial charge in [-0.3, -0.25) is 4.79 Å². The van der Waals surface area contributed by atoms with E-state index in [0.717, 1.165) is 16.9 Å². The van der Waals surface area contributed by atoms with E-state index >= 15 is 0 Å². The topological polar surface area (TPSA) is 73.8 Å². The van der Waals surface area contributed by atoms with Crippen LogP contribution in [0.2, 0.25) is 0 Å². The van der Waals surface area contributed by atoms with Crippen molar-refractivity contribution in [2.45, 2.75) is 13.1 Å². The predicted molar refractivity (Wildman–Crippen MR) is 59.6 cm³/mol. The first-order chi connectivity index (χ1) is 8.79. The van der Waals surface area contributed by atoms with Gasteiger partial charge >= 0.3 is 6.18 Å². The maximum absolute atomic E-state index is 12.4. The summed E-state index contributed by atoms with van der Waals surface area (Å²) in [6.07, 6.45) is -4.40. The average Bonchev–Trinajstić information content (AvgIpc) is 2.70. The van der Waals surface area contributed by atoms with Gasteiger partial charge in [0.1, 0.15) is 0 Å². The molecule has 0 aliphatic carbocycles. The van der Waals surface area contributed by atoms with Crippen molar-refractivity contribution in [2.24, 2.45) is 5.73 Å². The Bertz CT molecular complexity index is 616. The Morgan fingerprint density at radius 1 is 1.21 bits per heavy atom. The van der Waals surface area contributed by atoms with E-state index in [2.05, 4.69) is 10.2 Å². The Hall–Kier alpha value is -2.38. The SMILES string of the molecule is Cc1nn(-c2ccc(C(F)(F)F)cc2)nc1C(N)=O. The van der Waals surface area contributed by atoms with Gasteiger partial charge in [0, 0.05) is 0 Å². The van der Waals surface area contributed by atoms with Gasteiger partial charge in [0.05, 0.1) is 16.9 Å². The number of rotatable bonds is 2. The van der Waals surface area contributed by atoms with Crippen LogP contribution in [0.25, 0.3) is 5.69 Å². The van der Waals surface area contributed by atoms with Gasteiger partial charge in [-0.15, -0.1) is 5.10 Å². The number of primary amides is 1. The number of carbonyl (C=O) groups excluding carboxylic acids is 1. The van der Waals surface area contributed by atoms with Crippen LogP contribution < -0.4 is 5.73 Å². The number of hydrogen-bond donors (Lipinski definition) is 1. The van der Waals surface area contributed by atoms with Crippen LogP contribution in [0.1, 0.15) is 21.7 Å². The Labute approximate surface area is 105 Å². The Morgan fingerprint density at radius 2 is 1.79 bits per heavy atom. The second kappa shape index (κ2) is 4.38. The van der Waals surface area contributed by atoms with Crippen molar-refractivity contribution in [3.05, 3.63) is 41.2 Å². The number of alkyl halides is 3. The predicted octanol–water partition coefficient (Wildman–Crippen LogP) is 1.69. The monoisotopic (exact) mass is 270 g/mol. The van der Waals surface area contributed by atoms with Gasteiger partial charge in [0.25, 0.3) is 5.91 Å². The van der Waals surface area contributed by atoms with Crippen LogP contribution in [0.3, 0.4) is 0 Å². The number of aromatic nitrogens is 3. The molecule has 0 fully saturated rings. The van der Waals surface area contributed by atoms with E-state index in [-0.39, 0.29) is 5.69 Å². The lowest BCUT2D eigenvalue weighted by molar-refractivity contribution is -0.137. The van der Waals surface area contributed by atoms with E-state index in [4.69, 9.17) is 5.73 Å². The number of amides is 1. The van der Waals surface area contributed by atoms with E-state index in [1.54, 1.807) is 0 Å². The third kappa shape index (κ3) is 2.56. The number of halogens is 3. The van der Waals surface area contributed by atoms with Gasteiger partial charge in [0.15, 0.2) is 5.69 Å². The second-order valence-corrected chi connectivity index (χ2v) is 3.83. The molecule has 2 rings (SSSR count). The number of aryl methyl sites for hydroxylation is 1. The van der Waals surface area contributed by atoms with Crippen LogP contribution in [0, 0.1) is 6.92 Å². The van der Waals surface area contributed by atoms with E-state index in [1.807, 2.05) is 0 Å². The molecule has 1 heterocycles. The van der Waals surface area contributed by atoms with Gasteiger partial charge in [-0.2, -0.15) is 23.1 Å². The molecular weight excluding hydrogens is 261 g/mol. The van der Waals surface area contributed by atoms with Gasteiger partial charge in [0.2, 0.25) is 0 Å². The number of nitrogens with two attached hydrogens (primary N) is 1. The lowest BCUT2D eigenvalue weighted by Gasteiger charge is -2.06. The maximum atomic E-state index is 12.4. The normalized spacial score (nSPS) is 11.6. The van der Waals surface area contributed by atoms with E-state index in [0.29, 0.717) is 11.4 Å². The fourth-order valence-electron chi connectivity index (χ4n) is 1.51. The highest BCUT2D eigenvalue weighted by Gasteiger charge is 2.30. The molecule has 1 aromatic heterocycles. The van der Waals surface area contributed by atoms with Crippen LogP contribution in [-0.4, -0.2) is 20.9 Å². The molecule has 2 N–H and O–H groups in total. The molecule has 0 spiro atoms. The third-order valence-corrected chi connectivity index (χ3v) is 2.44. The van der Waals surface area contributed by atoms with Gasteiger partial charge in [-0.25, -0.2) is 0 Å².